The van der Waals surface area contributed by atoms with Gasteiger partial charge in [0.1, 0.15) is 0 Å². The Balaban J connectivity index is 1.82. The second-order valence-electron chi connectivity index (χ2n) is 4.97. The van der Waals surface area contributed by atoms with Crippen molar-refractivity contribution in [2.24, 2.45) is 11.7 Å². The molecule has 1 aliphatic rings. The van der Waals surface area contributed by atoms with Gasteiger partial charge < -0.3 is 5.73 Å². The number of rotatable bonds is 2. The first kappa shape index (κ1) is 12.4. The molecule has 3 heteroatoms. The summed E-state index contributed by atoms with van der Waals surface area (Å²) in [6.07, 6.45) is 3.47. The van der Waals surface area contributed by atoms with Crippen LogP contribution in [0.15, 0.2) is 39.5 Å². The van der Waals surface area contributed by atoms with E-state index in [1.807, 2.05) is 0 Å². The van der Waals surface area contributed by atoms with Crippen LogP contribution in [0, 0.1) is 5.92 Å². The molecule has 0 spiro atoms. The molecule has 0 saturated carbocycles. The van der Waals surface area contributed by atoms with Gasteiger partial charge in [-0.1, -0.05) is 24.3 Å². The maximum Gasteiger partial charge on any atom is 0.0346 e. The molecule has 1 aromatic carbocycles. The summed E-state index contributed by atoms with van der Waals surface area (Å²) in [5.41, 5.74) is 10.7. The second kappa shape index (κ2) is 5.16. The fourth-order valence-corrected chi connectivity index (χ4v) is 4.42. The van der Waals surface area contributed by atoms with Crippen LogP contribution < -0.4 is 5.73 Å². The van der Waals surface area contributed by atoms with Crippen molar-refractivity contribution >= 4 is 27.3 Å². The quantitative estimate of drug-likeness (QED) is 0.876. The zero-order valence-corrected chi connectivity index (χ0v) is 12.5. The van der Waals surface area contributed by atoms with Crippen LogP contribution in [0.1, 0.15) is 29.2 Å². The molecule has 1 heterocycles. The molecule has 18 heavy (non-hydrogen) atoms. The Bertz CT molecular complexity index is 549. The van der Waals surface area contributed by atoms with Gasteiger partial charge >= 0.3 is 0 Å². The summed E-state index contributed by atoms with van der Waals surface area (Å²) in [5.74, 6) is 0.561. The van der Waals surface area contributed by atoms with Crippen molar-refractivity contribution < 1.29 is 0 Å². The third kappa shape index (κ3) is 2.27. The molecule has 0 amide bonds. The minimum Gasteiger partial charge on any atom is -0.324 e. The van der Waals surface area contributed by atoms with Crippen LogP contribution in [0.3, 0.4) is 0 Å². The summed E-state index contributed by atoms with van der Waals surface area (Å²) in [6.45, 7) is 0. The predicted molar refractivity (Wildman–Crippen MR) is 80.9 cm³/mol. The third-order valence-electron chi connectivity index (χ3n) is 3.89. The average molecular weight is 322 g/mol. The van der Waals surface area contributed by atoms with Crippen molar-refractivity contribution in [1.29, 1.82) is 0 Å². The van der Waals surface area contributed by atoms with Gasteiger partial charge in [-0.25, -0.2) is 0 Å². The Kier molecular flexibility index (Phi) is 3.55. The van der Waals surface area contributed by atoms with Crippen LogP contribution in [0.2, 0.25) is 0 Å². The van der Waals surface area contributed by atoms with Crippen LogP contribution >= 0.6 is 27.3 Å². The minimum absolute atomic E-state index is 0.152. The number of nitrogens with two attached hydrogens (primary N) is 1. The summed E-state index contributed by atoms with van der Waals surface area (Å²) >= 11 is 5.31. The van der Waals surface area contributed by atoms with Gasteiger partial charge in [0.15, 0.2) is 0 Å². The largest absolute Gasteiger partial charge is 0.324 e. The standard InChI is InChI=1S/C15H16BrNS/c16-14-9-18-8-13(14)15(17)12-6-5-10-3-1-2-4-11(10)7-12/h1-4,8-9,12,15H,5-7,17H2. The van der Waals surface area contributed by atoms with Crippen molar-refractivity contribution in [1.82, 2.24) is 0 Å². The molecule has 0 radical (unpaired) electrons. The average Bonchev–Trinajstić information content (AvgIpc) is 2.83. The maximum absolute atomic E-state index is 6.45. The molecular formula is C15H16BrNS. The lowest BCUT2D eigenvalue weighted by Crippen LogP contribution is -2.26. The van der Waals surface area contributed by atoms with E-state index in [1.54, 1.807) is 11.3 Å². The molecule has 2 unspecified atom stereocenters. The number of benzene rings is 1. The molecule has 3 rings (SSSR count). The van der Waals surface area contributed by atoms with Crippen LogP contribution in [0.4, 0.5) is 0 Å². The monoisotopic (exact) mass is 321 g/mol. The summed E-state index contributed by atoms with van der Waals surface area (Å²) in [4.78, 5) is 0. The van der Waals surface area contributed by atoms with E-state index in [2.05, 4.69) is 51.0 Å². The zero-order valence-electron chi connectivity index (χ0n) is 10.1. The van der Waals surface area contributed by atoms with E-state index >= 15 is 0 Å². The number of hydrogen-bond acceptors (Lipinski definition) is 2. The first-order valence-electron chi connectivity index (χ1n) is 6.29. The second-order valence-corrected chi connectivity index (χ2v) is 6.57. The van der Waals surface area contributed by atoms with Gasteiger partial charge in [0, 0.05) is 15.9 Å². The smallest absolute Gasteiger partial charge is 0.0346 e. The van der Waals surface area contributed by atoms with Crippen LogP contribution in [0.25, 0.3) is 0 Å². The van der Waals surface area contributed by atoms with E-state index < -0.39 is 0 Å². The number of thiophene rings is 1. The number of hydrogen-bond donors (Lipinski definition) is 1. The van der Waals surface area contributed by atoms with Crippen molar-refractivity contribution in [2.45, 2.75) is 25.3 Å². The molecule has 2 aromatic rings. The highest BCUT2D eigenvalue weighted by Gasteiger charge is 2.26. The predicted octanol–water partition coefficient (Wildman–Crippen LogP) is 4.32. The first-order valence-corrected chi connectivity index (χ1v) is 8.03. The van der Waals surface area contributed by atoms with Crippen molar-refractivity contribution in [3.63, 3.8) is 0 Å². The maximum atomic E-state index is 6.45. The fourth-order valence-electron chi connectivity index (χ4n) is 2.82. The SMILES string of the molecule is NC(c1cscc1Br)C1CCc2ccccc2C1. The van der Waals surface area contributed by atoms with E-state index in [0.717, 1.165) is 12.8 Å². The van der Waals surface area contributed by atoms with Gasteiger partial charge in [-0.15, -0.1) is 0 Å². The molecular weight excluding hydrogens is 306 g/mol. The normalized spacial score (nSPS) is 20.4. The Morgan fingerprint density at radius 2 is 2.00 bits per heavy atom. The molecule has 2 atom stereocenters. The lowest BCUT2D eigenvalue weighted by atomic mass is 9.79. The van der Waals surface area contributed by atoms with Crippen molar-refractivity contribution in [2.75, 3.05) is 0 Å². The van der Waals surface area contributed by atoms with Gasteiger partial charge in [0.25, 0.3) is 0 Å². The number of fused-ring (bicyclic) bond motifs is 1. The molecule has 1 aromatic heterocycles. The van der Waals surface area contributed by atoms with Crippen LogP contribution in [0.5, 0.6) is 0 Å². The highest BCUT2D eigenvalue weighted by molar-refractivity contribution is 9.10. The summed E-state index contributed by atoms with van der Waals surface area (Å²) in [6, 6.07) is 8.91. The molecule has 0 fully saturated rings. The highest BCUT2D eigenvalue weighted by atomic mass is 79.9. The Morgan fingerprint density at radius 3 is 2.72 bits per heavy atom. The van der Waals surface area contributed by atoms with Crippen LogP contribution in [-0.2, 0) is 12.8 Å². The fraction of sp³-hybridized carbons (Fsp3) is 0.333. The topological polar surface area (TPSA) is 26.0 Å². The number of halogens is 1. The molecule has 2 N–H and O–H groups in total. The van der Waals surface area contributed by atoms with E-state index in [0.29, 0.717) is 5.92 Å². The van der Waals surface area contributed by atoms with Gasteiger partial charge in [-0.2, -0.15) is 11.3 Å². The molecule has 94 valence electrons. The molecule has 1 nitrogen and oxygen atoms in total. The van der Waals surface area contributed by atoms with Gasteiger partial charge in [0.05, 0.1) is 0 Å². The van der Waals surface area contributed by atoms with Gasteiger partial charge in [-0.3, -0.25) is 0 Å². The molecule has 0 saturated heterocycles. The van der Waals surface area contributed by atoms with Crippen molar-refractivity contribution in [3.8, 4) is 0 Å². The Labute approximate surface area is 120 Å². The van der Waals surface area contributed by atoms with Gasteiger partial charge in [-0.05, 0) is 63.2 Å². The van der Waals surface area contributed by atoms with E-state index in [4.69, 9.17) is 5.73 Å². The van der Waals surface area contributed by atoms with E-state index in [-0.39, 0.29) is 6.04 Å². The van der Waals surface area contributed by atoms with Crippen LogP contribution in [-0.4, -0.2) is 0 Å². The Hall–Kier alpha value is -0.640. The lowest BCUT2D eigenvalue weighted by molar-refractivity contribution is 0.382. The lowest BCUT2D eigenvalue weighted by Gasteiger charge is -2.29. The van der Waals surface area contributed by atoms with Crippen molar-refractivity contribution in [3.05, 3.63) is 56.2 Å². The summed E-state index contributed by atoms with van der Waals surface area (Å²) < 4.78 is 1.17. The van der Waals surface area contributed by atoms with Gasteiger partial charge in [0.2, 0.25) is 0 Å². The molecule has 0 aliphatic heterocycles. The number of aryl methyl sites for hydroxylation is 1. The molecule has 1 aliphatic carbocycles. The Morgan fingerprint density at radius 1 is 1.22 bits per heavy atom. The minimum atomic E-state index is 0.152. The third-order valence-corrected chi connectivity index (χ3v) is 5.65. The highest BCUT2D eigenvalue weighted by Crippen LogP contribution is 2.36. The van der Waals surface area contributed by atoms with E-state index in [9.17, 15) is 0 Å². The summed E-state index contributed by atoms with van der Waals surface area (Å²) in [7, 11) is 0. The molecule has 0 bridgehead atoms. The van der Waals surface area contributed by atoms with E-state index in [1.165, 1.54) is 27.6 Å². The summed E-state index contributed by atoms with van der Waals surface area (Å²) in [5, 5.41) is 4.29. The first-order chi connectivity index (χ1) is 8.75. The zero-order chi connectivity index (χ0) is 12.5.